The minimum atomic E-state index is -1.02. The third-order valence-corrected chi connectivity index (χ3v) is 3.88. The van der Waals surface area contributed by atoms with Gasteiger partial charge in [-0.15, -0.1) is 0 Å². The van der Waals surface area contributed by atoms with Gasteiger partial charge in [-0.05, 0) is 44.3 Å². The standard InChI is InChI=1S/C19H18N4O3S/c1-12(2)26-15-8-5-7-13(10-15)17-21-22-19(27)23(17)20-11-14-6-3-4-9-16(14)18(24)25/h3-12H,1-2H3,(H,22,27)(H,24,25)/b20-11-. The first-order chi connectivity index (χ1) is 13.0. The summed E-state index contributed by atoms with van der Waals surface area (Å²) in [5.74, 6) is 0.188. The fourth-order valence-corrected chi connectivity index (χ4v) is 2.67. The number of carboxylic acids is 1. The summed E-state index contributed by atoms with van der Waals surface area (Å²) < 4.78 is 7.46. The van der Waals surface area contributed by atoms with Crippen LogP contribution in [0.15, 0.2) is 53.6 Å². The Balaban J connectivity index is 1.99. The molecule has 138 valence electrons. The second kappa shape index (κ2) is 7.96. The number of aromatic carboxylic acids is 1. The Kier molecular flexibility index (Phi) is 5.46. The SMILES string of the molecule is CC(C)Oc1cccc(-c2n[nH]c(=S)n2/N=C\c2ccccc2C(=O)O)c1. The maximum Gasteiger partial charge on any atom is 0.336 e. The zero-order chi connectivity index (χ0) is 19.4. The van der Waals surface area contributed by atoms with E-state index in [2.05, 4.69) is 15.3 Å². The Hall–Kier alpha value is -3.26. The van der Waals surface area contributed by atoms with Gasteiger partial charge in [-0.1, -0.05) is 30.3 Å². The Bertz CT molecular complexity index is 1050. The second-order valence-electron chi connectivity index (χ2n) is 6.00. The van der Waals surface area contributed by atoms with E-state index in [1.54, 1.807) is 18.2 Å². The summed E-state index contributed by atoms with van der Waals surface area (Å²) in [6.45, 7) is 3.90. The summed E-state index contributed by atoms with van der Waals surface area (Å²) in [7, 11) is 0. The van der Waals surface area contributed by atoms with Crippen molar-refractivity contribution in [3.05, 3.63) is 64.4 Å². The highest BCUT2D eigenvalue weighted by Gasteiger charge is 2.11. The number of benzene rings is 2. The molecular weight excluding hydrogens is 364 g/mol. The molecule has 2 N–H and O–H groups in total. The molecule has 0 atom stereocenters. The van der Waals surface area contributed by atoms with Crippen molar-refractivity contribution in [3.8, 4) is 17.1 Å². The van der Waals surface area contributed by atoms with E-state index < -0.39 is 5.97 Å². The average Bonchev–Trinajstić information content (AvgIpc) is 3.00. The Labute approximate surface area is 160 Å². The normalized spacial score (nSPS) is 11.2. The van der Waals surface area contributed by atoms with Crippen molar-refractivity contribution in [2.45, 2.75) is 20.0 Å². The van der Waals surface area contributed by atoms with E-state index in [1.807, 2.05) is 38.1 Å². The summed E-state index contributed by atoms with van der Waals surface area (Å²) >= 11 is 5.26. The zero-order valence-corrected chi connectivity index (χ0v) is 15.6. The van der Waals surface area contributed by atoms with Crippen molar-refractivity contribution >= 4 is 24.4 Å². The van der Waals surface area contributed by atoms with E-state index in [1.165, 1.54) is 17.0 Å². The van der Waals surface area contributed by atoms with Crippen LogP contribution in [0.25, 0.3) is 11.4 Å². The van der Waals surface area contributed by atoms with E-state index in [0.29, 0.717) is 21.9 Å². The second-order valence-corrected chi connectivity index (χ2v) is 6.38. The number of ether oxygens (including phenoxy) is 1. The smallest absolute Gasteiger partial charge is 0.336 e. The molecule has 0 aliphatic heterocycles. The van der Waals surface area contributed by atoms with Gasteiger partial charge in [0.05, 0.1) is 17.9 Å². The number of hydrogen-bond acceptors (Lipinski definition) is 5. The van der Waals surface area contributed by atoms with Gasteiger partial charge in [0.1, 0.15) is 5.75 Å². The van der Waals surface area contributed by atoms with Crippen molar-refractivity contribution < 1.29 is 14.6 Å². The number of aromatic nitrogens is 3. The molecule has 1 aromatic heterocycles. The highest BCUT2D eigenvalue weighted by molar-refractivity contribution is 7.71. The Morgan fingerprint density at radius 3 is 2.81 bits per heavy atom. The number of nitrogens with one attached hydrogen (secondary N) is 1. The van der Waals surface area contributed by atoms with Gasteiger partial charge in [0.15, 0.2) is 5.82 Å². The fraction of sp³-hybridized carbons (Fsp3) is 0.158. The molecule has 0 spiro atoms. The van der Waals surface area contributed by atoms with Crippen molar-refractivity contribution in [1.29, 1.82) is 0 Å². The van der Waals surface area contributed by atoms with Crippen LogP contribution in [0.3, 0.4) is 0 Å². The van der Waals surface area contributed by atoms with E-state index in [9.17, 15) is 9.90 Å². The third-order valence-electron chi connectivity index (χ3n) is 3.62. The fourth-order valence-electron chi connectivity index (χ4n) is 2.49. The number of nitrogens with zero attached hydrogens (tertiary/aromatic N) is 3. The van der Waals surface area contributed by atoms with Crippen molar-refractivity contribution in [1.82, 2.24) is 14.9 Å². The maximum absolute atomic E-state index is 11.3. The predicted octanol–water partition coefficient (Wildman–Crippen LogP) is 3.98. The quantitative estimate of drug-likeness (QED) is 0.497. The topological polar surface area (TPSA) is 92.5 Å². The molecule has 0 radical (unpaired) electrons. The van der Waals surface area contributed by atoms with Crippen LogP contribution in [0.2, 0.25) is 0 Å². The Morgan fingerprint density at radius 1 is 1.30 bits per heavy atom. The van der Waals surface area contributed by atoms with Crippen LogP contribution in [0, 0.1) is 4.77 Å². The molecule has 0 aliphatic rings. The summed E-state index contributed by atoms with van der Waals surface area (Å²) in [6, 6.07) is 14.0. The highest BCUT2D eigenvalue weighted by atomic mass is 32.1. The number of carboxylic acid groups (broad SMARTS) is 1. The highest BCUT2D eigenvalue weighted by Crippen LogP contribution is 2.23. The maximum atomic E-state index is 11.3. The molecule has 7 nitrogen and oxygen atoms in total. The molecule has 0 aliphatic carbocycles. The molecule has 0 amide bonds. The number of H-pyrrole nitrogens is 1. The minimum Gasteiger partial charge on any atom is -0.491 e. The van der Waals surface area contributed by atoms with Gasteiger partial charge in [0, 0.05) is 11.1 Å². The van der Waals surface area contributed by atoms with Gasteiger partial charge in [-0.25, -0.2) is 9.89 Å². The lowest BCUT2D eigenvalue weighted by molar-refractivity contribution is 0.0696. The lowest BCUT2D eigenvalue weighted by Gasteiger charge is -2.10. The van der Waals surface area contributed by atoms with Crippen LogP contribution in [0.4, 0.5) is 0 Å². The Morgan fingerprint density at radius 2 is 2.07 bits per heavy atom. The molecule has 0 bridgehead atoms. The van der Waals surface area contributed by atoms with Gasteiger partial charge in [0.25, 0.3) is 0 Å². The van der Waals surface area contributed by atoms with Crippen LogP contribution < -0.4 is 4.74 Å². The summed E-state index contributed by atoms with van der Waals surface area (Å²) in [6.07, 6.45) is 1.50. The van der Waals surface area contributed by atoms with E-state index >= 15 is 0 Å². The first-order valence-corrected chi connectivity index (χ1v) is 8.67. The van der Waals surface area contributed by atoms with Crippen molar-refractivity contribution in [2.24, 2.45) is 5.10 Å². The largest absolute Gasteiger partial charge is 0.491 e. The molecule has 3 aromatic rings. The minimum absolute atomic E-state index is 0.0478. The number of hydrogen-bond donors (Lipinski definition) is 2. The lowest BCUT2D eigenvalue weighted by atomic mass is 10.1. The molecule has 0 saturated carbocycles. The summed E-state index contributed by atoms with van der Waals surface area (Å²) in [4.78, 5) is 11.3. The monoisotopic (exact) mass is 382 g/mol. The molecule has 0 fully saturated rings. The predicted molar refractivity (Wildman–Crippen MR) is 105 cm³/mol. The zero-order valence-electron chi connectivity index (χ0n) is 14.8. The van der Waals surface area contributed by atoms with Gasteiger partial charge in [-0.3, -0.25) is 0 Å². The van der Waals surface area contributed by atoms with Crippen LogP contribution in [-0.4, -0.2) is 38.3 Å². The third kappa shape index (κ3) is 4.29. The van der Waals surface area contributed by atoms with Gasteiger partial charge < -0.3 is 9.84 Å². The average molecular weight is 382 g/mol. The molecule has 27 heavy (non-hydrogen) atoms. The molecule has 3 rings (SSSR count). The number of rotatable bonds is 6. The van der Waals surface area contributed by atoms with E-state index in [4.69, 9.17) is 17.0 Å². The van der Waals surface area contributed by atoms with Crippen LogP contribution >= 0.6 is 12.2 Å². The van der Waals surface area contributed by atoms with Gasteiger partial charge in [-0.2, -0.15) is 14.9 Å². The van der Waals surface area contributed by atoms with Gasteiger partial charge >= 0.3 is 5.97 Å². The molecular formula is C19H18N4O3S. The number of aromatic amines is 1. The molecule has 1 heterocycles. The molecule has 0 saturated heterocycles. The molecule has 2 aromatic carbocycles. The summed E-state index contributed by atoms with van der Waals surface area (Å²) in [5, 5.41) is 20.6. The van der Waals surface area contributed by atoms with Crippen molar-refractivity contribution in [3.63, 3.8) is 0 Å². The van der Waals surface area contributed by atoms with Crippen molar-refractivity contribution in [2.75, 3.05) is 0 Å². The lowest BCUT2D eigenvalue weighted by Crippen LogP contribution is -2.05. The van der Waals surface area contributed by atoms with Crippen LogP contribution in [-0.2, 0) is 0 Å². The number of carbonyl (C=O) groups is 1. The van der Waals surface area contributed by atoms with Crippen LogP contribution in [0.1, 0.15) is 29.8 Å². The summed E-state index contributed by atoms with van der Waals surface area (Å²) in [5.41, 5.74) is 1.39. The van der Waals surface area contributed by atoms with Crippen LogP contribution in [0.5, 0.6) is 5.75 Å². The molecule has 0 unspecified atom stereocenters. The first-order valence-electron chi connectivity index (χ1n) is 8.27. The van der Waals surface area contributed by atoms with E-state index in [0.717, 1.165) is 5.56 Å². The molecule has 8 heteroatoms. The van der Waals surface area contributed by atoms with E-state index in [-0.39, 0.29) is 11.7 Å². The first kappa shape index (κ1) is 18.5. The van der Waals surface area contributed by atoms with Gasteiger partial charge in [0.2, 0.25) is 4.77 Å².